The first kappa shape index (κ1) is 18.1. The minimum Gasteiger partial charge on any atom is -0.383 e. The molecule has 3 rings (SSSR count). The first-order valence-electron chi connectivity index (χ1n) is 8.58. The molecule has 1 saturated heterocycles. The zero-order valence-corrected chi connectivity index (χ0v) is 15.2. The Bertz CT molecular complexity index is 919. The molecule has 2 amide bonds. The molecule has 2 heterocycles. The SMILES string of the molecule is COCCN1CC(NC(=O)c2cn(C)c3ccc(C)cc3c2=O)CC1=O. The van der Waals surface area contributed by atoms with Gasteiger partial charge in [0.2, 0.25) is 11.3 Å². The van der Waals surface area contributed by atoms with E-state index >= 15 is 0 Å². The van der Waals surface area contributed by atoms with Crippen LogP contribution < -0.4 is 10.7 Å². The zero-order chi connectivity index (χ0) is 18.8. The molecule has 7 heteroatoms. The van der Waals surface area contributed by atoms with Crippen molar-refractivity contribution in [2.24, 2.45) is 7.05 Å². The summed E-state index contributed by atoms with van der Waals surface area (Å²) in [7, 11) is 3.39. The van der Waals surface area contributed by atoms with E-state index in [0.29, 0.717) is 25.1 Å². The number of aryl methyl sites for hydroxylation is 2. The van der Waals surface area contributed by atoms with Crippen LogP contribution in [0.15, 0.2) is 29.2 Å². The predicted molar refractivity (Wildman–Crippen MR) is 98.3 cm³/mol. The quantitative estimate of drug-likeness (QED) is 0.859. The molecule has 0 bridgehead atoms. The van der Waals surface area contributed by atoms with Crippen LogP contribution in [0.5, 0.6) is 0 Å². The van der Waals surface area contributed by atoms with Gasteiger partial charge in [0.1, 0.15) is 5.56 Å². The average molecular weight is 357 g/mol. The van der Waals surface area contributed by atoms with Crippen LogP contribution >= 0.6 is 0 Å². The van der Waals surface area contributed by atoms with Crippen molar-refractivity contribution in [1.82, 2.24) is 14.8 Å². The highest BCUT2D eigenvalue weighted by Gasteiger charge is 2.31. The van der Waals surface area contributed by atoms with Crippen molar-refractivity contribution in [3.8, 4) is 0 Å². The summed E-state index contributed by atoms with van der Waals surface area (Å²) in [6, 6.07) is 5.29. The number of nitrogens with one attached hydrogen (secondary N) is 1. The third kappa shape index (κ3) is 3.48. The molecule has 138 valence electrons. The largest absolute Gasteiger partial charge is 0.383 e. The molecular weight excluding hydrogens is 334 g/mol. The van der Waals surface area contributed by atoms with Crippen molar-refractivity contribution in [2.75, 3.05) is 26.8 Å². The van der Waals surface area contributed by atoms with E-state index in [9.17, 15) is 14.4 Å². The van der Waals surface area contributed by atoms with E-state index in [1.54, 1.807) is 35.9 Å². The van der Waals surface area contributed by atoms with E-state index in [2.05, 4.69) is 5.32 Å². The minimum atomic E-state index is -0.444. The number of carbonyl (C=O) groups excluding carboxylic acids is 2. The van der Waals surface area contributed by atoms with Crippen molar-refractivity contribution >= 4 is 22.7 Å². The molecule has 1 N–H and O–H groups in total. The summed E-state index contributed by atoms with van der Waals surface area (Å²) in [5, 5.41) is 3.34. The second-order valence-corrected chi connectivity index (χ2v) is 6.71. The Morgan fingerprint density at radius 2 is 2.12 bits per heavy atom. The van der Waals surface area contributed by atoms with E-state index in [-0.39, 0.29) is 29.4 Å². The Labute approximate surface area is 151 Å². The van der Waals surface area contributed by atoms with E-state index in [1.807, 2.05) is 19.1 Å². The van der Waals surface area contributed by atoms with Crippen LogP contribution in [0.1, 0.15) is 22.3 Å². The maximum Gasteiger partial charge on any atom is 0.257 e. The topological polar surface area (TPSA) is 80.6 Å². The van der Waals surface area contributed by atoms with Crippen LogP contribution in [0.2, 0.25) is 0 Å². The van der Waals surface area contributed by atoms with E-state index in [0.717, 1.165) is 11.1 Å². The van der Waals surface area contributed by atoms with Gasteiger partial charge in [-0.15, -0.1) is 0 Å². The minimum absolute atomic E-state index is 0.0191. The van der Waals surface area contributed by atoms with Crippen molar-refractivity contribution in [3.63, 3.8) is 0 Å². The van der Waals surface area contributed by atoms with Gasteiger partial charge in [-0.05, 0) is 19.1 Å². The number of hydrogen-bond acceptors (Lipinski definition) is 4. The highest BCUT2D eigenvalue weighted by atomic mass is 16.5. The molecule has 1 aliphatic heterocycles. The van der Waals surface area contributed by atoms with Gasteiger partial charge in [0, 0.05) is 45.3 Å². The van der Waals surface area contributed by atoms with Gasteiger partial charge in [0.05, 0.1) is 18.2 Å². The number of fused-ring (bicyclic) bond motifs is 1. The lowest BCUT2D eigenvalue weighted by Gasteiger charge is -2.16. The molecule has 26 heavy (non-hydrogen) atoms. The first-order chi connectivity index (χ1) is 12.4. The molecule has 1 atom stereocenters. The van der Waals surface area contributed by atoms with Gasteiger partial charge in [-0.25, -0.2) is 0 Å². The Balaban J connectivity index is 1.82. The number of amides is 2. The van der Waals surface area contributed by atoms with Crippen molar-refractivity contribution in [1.29, 1.82) is 0 Å². The zero-order valence-electron chi connectivity index (χ0n) is 15.2. The number of carbonyl (C=O) groups is 2. The third-order valence-corrected chi connectivity index (χ3v) is 4.70. The normalized spacial score (nSPS) is 17.1. The second kappa shape index (κ2) is 7.29. The van der Waals surface area contributed by atoms with Gasteiger partial charge in [0.25, 0.3) is 5.91 Å². The first-order valence-corrected chi connectivity index (χ1v) is 8.58. The summed E-state index contributed by atoms with van der Waals surface area (Å²) in [5.74, 6) is -0.463. The molecule has 1 aromatic heterocycles. The molecule has 0 spiro atoms. The Kier molecular flexibility index (Phi) is 5.08. The monoisotopic (exact) mass is 357 g/mol. The van der Waals surface area contributed by atoms with Gasteiger partial charge in [-0.2, -0.15) is 0 Å². The van der Waals surface area contributed by atoms with Crippen molar-refractivity contribution < 1.29 is 14.3 Å². The van der Waals surface area contributed by atoms with Crippen LogP contribution in [0, 0.1) is 6.92 Å². The smallest absolute Gasteiger partial charge is 0.257 e. The summed E-state index contributed by atoms with van der Waals surface area (Å²) in [4.78, 5) is 39.1. The lowest BCUT2D eigenvalue weighted by atomic mass is 10.1. The summed E-state index contributed by atoms with van der Waals surface area (Å²) in [6.07, 6.45) is 1.79. The molecule has 2 aromatic rings. The number of hydrogen-bond donors (Lipinski definition) is 1. The van der Waals surface area contributed by atoms with Crippen molar-refractivity contribution in [2.45, 2.75) is 19.4 Å². The Hall–Kier alpha value is -2.67. The average Bonchev–Trinajstić information content (AvgIpc) is 2.95. The fourth-order valence-corrected chi connectivity index (χ4v) is 3.32. The molecule has 1 fully saturated rings. The maximum atomic E-state index is 12.8. The van der Waals surface area contributed by atoms with E-state index in [1.165, 1.54) is 0 Å². The lowest BCUT2D eigenvalue weighted by Crippen LogP contribution is -2.39. The highest BCUT2D eigenvalue weighted by Crippen LogP contribution is 2.14. The number of rotatable bonds is 5. The van der Waals surface area contributed by atoms with Gasteiger partial charge in [-0.1, -0.05) is 11.6 Å². The van der Waals surface area contributed by atoms with Crippen LogP contribution in [-0.2, 0) is 16.6 Å². The second-order valence-electron chi connectivity index (χ2n) is 6.71. The lowest BCUT2D eigenvalue weighted by molar-refractivity contribution is -0.128. The Morgan fingerprint density at radius 1 is 1.35 bits per heavy atom. The Morgan fingerprint density at radius 3 is 2.85 bits per heavy atom. The van der Waals surface area contributed by atoms with E-state index in [4.69, 9.17) is 4.74 Å². The summed E-state index contributed by atoms with van der Waals surface area (Å²) in [6.45, 7) is 3.29. The van der Waals surface area contributed by atoms with Gasteiger partial charge >= 0.3 is 0 Å². The molecule has 0 saturated carbocycles. The van der Waals surface area contributed by atoms with Crippen LogP contribution in [0.4, 0.5) is 0 Å². The molecule has 0 radical (unpaired) electrons. The number of pyridine rings is 1. The number of aromatic nitrogens is 1. The highest BCUT2D eigenvalue weighted by molar-refractivity contribution is 5.98. The number of methoxy groups -OCH3 is 1. The summed E-state index contributed by atoms with van der Waals surface area (Å²) < 4.78 is 6.77. The third-order valence-electron chi connectivity index (χ3n) is 4.70. The fourth-order valence-electron chi connectivity index (χ4n) is 3.32. The standard InChI is InChI=1S/C19H23N3O4/c1-12-4-5-16-14(8-12)18(24)15(11-21(16)2)19(25)20-13-9-17(23)22(10-13)6-7-26-3/h4-5,8,11,13H,6-7,9-10H2,1-3H3,(H,20,25). The molecule has 7 nitrogen and oxygen atoms in total. The number of benzene rings is 1. The predicted octanol–water partition coefficient (Wildman–Crippen LogP) is 0.824. The molecular formula is C19H23N3O4. The van der Waals surface area contributed by atoms with Crippen LogP contribution in [0.25, 0.3) is 10.9 Å². The molecule has 0 aliphatic carbocycles. The fraction of sp³-hybridized carbons (Fsp3) is 0.421. The number of ether oxygens (including phenoxy) is 1. The number of likely N-dealkylation sites (tertiary alicyclic amines) is 1. The maximum absolute atomic E-state index is 12.8. The van der Waals surface area contributed by atoms with E-state index < -0.39 is 5.91 Å². The van der Waals surface area contributed by atoms with Crippen molar-refractivity contribution in [3.05, 3.63) is 45.7 Å². The summed E-state index contributed by atoms with van der Waals surface area (Å²) >= 11 is 0. The van der Waals surface area contributed by atoms with Gasteiger partial charge < -0.3 is 19.5 Å². The van der Waals surface area contributed by atoms with Crippen LogP contribution in [-0.4, -0.2) is 54.1 Å². The van der Waals surface area contributed by atoms with Gasteiger partial charge in [-0.3, -0.25) is 14.4 Å². The summed E-state index contributed by atoms with van der Waals surface area (Å²) in [5.41, 5.74) is 1.54. The molecule has 1 aromatic carbocycles. The molecule has 1 aliphatic rings. The van der Waals surface area contributed by atoms with Gasteiger partial charge in [0.15, 0.2) is 0 Å². The molecule has 1 unspecified atom stereocenters. The number of nitrogens with zero attached hydrogens (tertiary/aromatic N) is 2. The van der Waals surface area contributed by atoms with Crippen LogP contribution in [0.3, 0.4) is 0 Å².